The summed E-state index contributed by atoms with van der Waals surface area (Å²) in [5, 5.41) is 0. The highest BCUT2D eigenvalue weighted by atomic mass is 16.2. The lowest BCUT2D eigenvalue weighted by atomic mass is 9.99. The molecule has 1 aromatic carbocycles. The van der Waals surface area contributed by atoms with E-state index in [1.807, 2.05) is 38.1 Å². The van der Waals surface area contributed by atoms with Gasteiger partial charge in [0.05, 0.1) is 6.04 Å². The Bertz CT molecular complexity index is 465. The third-order valence-electron chi connectivity index (χ3n) is 3.23. The first-order valence-corrected chi connectivity index (χ1v) is 5.91. The summed E-state index contributed by atoms with van der Waals surface area (Å²) in [6.07, 6.45) is 0. The third kappa shape index (κ3) is 1.97. The van der Waals surface area contributed by atoms with E-state index in [-0.39, 0.29) is 23.7 Å². The van der Waals surface area contributed by atoms with Crippen molar-refractivity contribution in [2.75, 3.05) is 0 Å². The second kappa shape index (κ2) is 4.32. The molecule has 1 amide bonds. The molecule has 3 nitrogen and oxygen atoms in total. The predicted molar refractivity (Wildman–Crippen MR) is 65.6 cm³/mol. The molecule has 3 heteroatoms. The Labute approximate surface area is 101 Å². The first kappa shape index (κ1) is 11.8. The number of hydrogen-bond acceptors (Lipinski definition) is 2. The van der Waals surface area contributed by atoms with Gasteiger partial charge in [0.2, 0.25) is 0 Å². The number of fused-ring (bicyclic) bond motifs is 1. The van der Waals surface area contributed by atoms with Gasteiger partial charge in [0.15, 0.2) is 5.78 Å². The molecule has 1 aromatic rings. The maximum atomic E-state index is 12.2. The topological polar surface area (TPSA) is 37.4 Å². The van der Waals surface area contributed by atoms with Gasteiger partial charge in [-0.3, -0.25) is 9.59 Å². The lowest BCUT2D eigenvalue weighted by Crippen LogP contribution is -2.43. The van der Waals surface area contributed by atoms with Crippen LogP contribution in [0.5, 0.6) is 0 Å². The van der Waals surface area contributed by atoms with Crippen LogP contribution in [0.15, 0.2) is 24.3 Å². The van der Waals surface area contributed by atoms with Gasteiger partial charge in [-0.1, -0.05) is 32.0 Å². The molecular formula is C14H17NO2. The Morgan fingerprint density at radius 3 is 2.47 bits per heavy atom. The monoisotopic (exact) mass is 231 g/mol. The van der Waals surface area contributed by atoms with Crippen molar-refractivity contribution in [2.45, 2.75) is 33.4 Å². The Hall–Kier alpha value is -1.64. The van der Waals surface area contributed by atoms with Gasteiger partial charge in [0.25, 0.3) is 5.91 Å². The van der Waals surface area contributed by atoms with E-state index in [1.54, 1.807) is 11.8 Å². The lowest BCUT2D eigenvalue weighted by molar-refractivity contribution is -0.122. The summed E-state index contributed by atoms with van der Waals surface area (Å²) in [4.78, 5) is 25.6. The number of rotatable bonds is 3. The van der Waals surface area contributed by atoms with E-state index in [1.165, 1.54) is 0 Å². The van der Waals surface area contributed by atoms with Gasteiger partial charge in [-0.25, -0.2) is 0 Å². The largest absolute Gasteiger partial charge is 0.324 e. The molecule has 0 saturated heterocycles. The zero-order valence-electron chi connectivity index (χ0n) is 10.4. The predicted octanol–water partition coefficient (Wildman–Crippen LogP) is 2.26. The molecule has 17 heavy (non-hydrogen) atoms. The summed E-state index contributed by atoms with van der Waals surface area (Å²) >= 11 is 0. The second-order valence-electron chi connectivity index (χ2n) is 4.89. The van der Waals surface area contributed by atoms with Crippen LogP contribution in [0.3, 0.4) is 0 Å². The van der Waals surface area contributed by atoms with Gasteiger partial charge in [-0.15, -0.1) is 0 Å². The smallest absolute Gasteiger partial charge is 0.255 e. The van der Waals surface area contributed by atoms with Crippen LogP contribution < -0.4 is 0 Å². The molecule has 0 aliphatic carbocycles. The minimum Gasteiger partial charge on any atom is -0.324 e. The number of carbonyl (C=O) groups excluding carboxylic acids is 2. The molecule has 1 aliphatic heterocycles. The van der Waals surface area contributed by atoms with E-state index in [0.29, 0.717) is 6.54 Å². The van der Waals surface area contributed by atoms with Gasteiger partial charge < -0.3 is 4.90 Å². The maximum absolute atomic E-state index is 12.2. The zero-order valence-corrected chi connectivity index (χ0v) is 10.4. The van der Waals surface area contributed by atoms with Gasteiger partial charge in [-0.05, 0) is 24.5 Å². The second-order valence-corrected chi connectivity index (χ2v) is 4.89. The van der Waals surface area contributed by atoms with Crippen LogP contribution in [0.2, 0.25) is 0 Å². The molecule has 1 aliphatic rings. The normalized spacial score (nSPS) is 16.2. The summed E-state index contributed by atoms with van der Waals surface area (Å²) in [5.74, 6) is 0.182. The molecule has 0 N–H and O–H groups in total. The average molecular weight is 231 g/mol. The van der Waals surface area contributed by atoms with E-state index in [4.69, 9.17) is 0 Å². The quantitative estimate of drug-likeness (QED) is 0.800. The summed E-state index contributed by atoms with van der Waals surface area (Å²) in [6.45, 7) is 6.06. The van der Waals surface area contributed by atoms with Gasteiger partial charge in [0, 0.05) is 12.1 Å². The van der Waals surface area contributed by atoms with Crippen molar-refractivity contribution in [3.05, 3.63) is 35.4 Å². The number of carbonyl (C=O) groups is 2. The third-order valence-corrected chi connectivity index (χ3v) is 3.23. The molecule has 0 unspecified atom stereocenters. The van der Waals surface area contributed by atoms with E-state index in [0.717, 1.165) is 11.1 Å². The van der Waals surface area contributed by atoms with E-state index in [2.05, 4.69) is 0 Å². The van der Waals surface area contributed by atoms with Crippen LogP contribution in [0.25, 0.3) is 0 Å². The zero-order chi connectivity index (χ0) is 12.6. The minimum absolute atomic E-state index is 0.0190. The van der Waals surface area contributed by atoms with E-state index >= 15 is 0 Å². The van der Waals surface area contributed by atoms with Crippen LogP contribution in [0, 0.1) is 5.92 Å². The fourth-order valence-electron chi connectivity index (χ4n) is 2.55. The number of nitrogens with zero attached hydrogens (tertiary/aromatic N) is 1. The summed E-state index contributed by atoms with van der Waals surface area (Å²) in [7, 11) is 0. The Morgan fingerprint density at radius 2 is 1.94 bits per heavy atom. The van der Waals surface area contributed by atoms with E-state index < -0.39 is 0 Å². The fraction of sp³-hybridized carbons (Fsp3) is 0.429. The van der Waals surface area contributed by atoms with Crippen LogP contribution in [-0.2, 0) is 11.3 Å². The molecule has 0 spiro atoms. The Morgan fingerprint density at radius 1 is 1.29 bits per heavy atom. The SMILES string of the molecule is CC(=O)[C@H](C(C)C)N1Cc2ccccc2C1=O. The number of benzene rings is 1. The minimum atomic E-state index is -0.310. The molecule has 2 rings (SSSR count). The highest BCUT2D eigenvalue weighted by molar-refractivity contribution is 6.01. The Balaban J connectivity index is 2.33. The van der Waals surface area contributed by atoms with Crippen molar-refractivity contribution in [3.8, 4) is 0 Å². The maximum Gasteiger partial charge on any atom is 0.255 e. The van der Waals surface area contributed by atoms with E-state index in [9.17, 15) is 9.59 Å². The summed E-state index contributed by atoms with van der Waals surface area (Å²) in [6, 6.07) is 7.25. The summed E-state index contributed by atoms with van der Waals surface area (Å²) < 4.78 is 0. The standard InChI is InChI=1S/C14H17NO2/c1-9(2)13(10(3)16)15-8-11-6-4-5-7-12(11)14(15)17/h4-7,9,13H,8H2,1-3H3/t13-/m0/s1. The molecule has 0 bridgehead atoms. The molecule has 1 heterocycles. The Kier molecular flexibility index (Phi) is 3.01. The van der Waals surface area contributed by atoms with Crippen molar-refractivity contribution in [1.82, 2.24) is 4.90 Å². The van der Waals surface area contributed by atoms with Gasteiger partial charge in [-0.2, -0.15) is 0 Å². The molecule has 0 radical (unpaired) electrons. The van der Waals surface area contributed by atoms with Crippen LogP contribution in [0.1, 0.15) is 36.7 Å². The number of amides is 1. The molecule has 90 valence electrons. The average Bonchev–Trinajstić information content (AvgIpc) is 2.56. The number of ketones is 1. The first-order chi connectivity index (χ1) is 8.02. The fourth-order valence-corrected chi connectivity index (χ4v) is 2.55. The van der Waals surface area contributed by atoms with Crippen molar-refractivity contribution >= 4 is 11.7 Å². The highest BCUT2D eigenvalue weighted by Gasteiger charge is 2.35. The molecule has 0 aromatic heterocycles. The first-order valence-electron chi connectivity index (χ1n) is 5.91. The molecular weight excluding hydrogens is 214 g/mol. The van der Waals surface area contributed by atoms with Gasteiger partial charge >= 0.3 is 0 Å². The number of hydrogen-bond donors (Lipinski definition) is 0. The lowest BCUT2D eigenvalue weighted by Gasteiger charge is -2.28. The van der Waals surface area contributed by atoms with Crippen LogP contribution in [0.4, 0.5) is 0 Å². The molecule has 1 atom stereocenters. The molecule has 0 saturated carbocycles. The van der Waals surface area contributed by atoms with Gasteiger partial charge in [0.1, 0.15) is 0 Å². The molecule has 0 fully saturated rings. The number of Topliss-reactive ketones (excluding diaryl/α,β-unsaturated/α-hetero) is 1. The van der Waals surface area contributed by atoms with Crippen molar-refractivity contribution in [2.24, 2.45) is 5.92 Å². The van der Waals surface area contributed by atoms with Crippen molar-refractivity contribution in [1.29, 1.82) is 0 Å². The highest BCUT2D eigenvalue weighted by Crippen LogP contribution is 2.27. The van der Waals surface area contributed by atoms with Crippen LogP contribution >= 0.6 is 0 Å². The van der Waals surface area contributed by atoms with Crippen molar-refractivity contribution < 1.29 is 9.59 Å². The van der Waals surface area contributed by atoms with Crippen molar-refractivity contribution in [3.63, 3.8) is 0 Å². The van der Waals surface area contributed by atoms with Crippen LogP contribution in [-0.4, -0.2) is 22.6 Å². The summed E-state index contributed by atoms with van der Waals surface area (Å²) in [5.41, 5.74) is 1.75.